The lowest BCUT2D eigenvalue weighted by molar-refractivity contribution is 0.307. The van der Waals surface area contributed by atoms with Gasteiger partial charge in [-0.25, -0.2) is 0 Å². The van der Waals surface area contributed by atoms with Crippen molar-refractivity contribution in [3.05, 3.63) is 144 Å². The molecule has 5 aromatic rings. The molecule has 0 amide bonds. The normalized spacial score (nSPS) is 10.9. The van der Waals surface area contributed by atoms with E-state index in [2.05, 4.69) is 97.1 Å². The van der Waals surface area contributed by atoms with E-state index in [0.29, 0.717) is 6.61 Å². The Kier molecular flexibility index (Phi) is 7.24. The lowest BCUT2D eigenvalue weighted by Gasteiger charge is -2.15. The molecule has 0 radical (unpaired) electrons. The van der Waals surface area contributed by atoms with Gasteiger partial charge in [-0.05, 0) is 16.7 Å². The van der Waals surface area contributed by atoms with Crippen molar-refractivity contribution in [1.29, 1.82) is 0 Å². The van der Waals surface area contributed by atoms with Gasteiger partial charge in [0.25, 0.3) is 0 Å². The van der Waals surface area contributed by atoms with Gasteiger partial charge in [-0.3, -0.25) is 0 Å². The van der Waals surface area contributed by atoms with Crippen LogP contribution in [0, 0.1) is 0 Å². The molecular formula is C34H28O2. The van der Waals surface area contributed by atoms with Crippen molar-refractivity contribution in [2.75, 3.05) is 7.11 Å². The Labute approximate surface area is 213 Å². The second-order valence-electron chi connectivity index (χ2n) is 8.49. The number of hydrogen-bond acceptors (Lipinski definition) is 2. The summed E-state index contributed by atoms with van der Waals surface area (Å²) in [7, 11) is 1.73. The van der Waals surface area contributed by atoms with E-state index in [1.807, 2.05) is 42.5 Å². The second-order valence-corrected chi connectivity index (χ2v) is 8.49. The molecule has 0 saturated carbocycles. The highest BCUT2D eigenvalue weighted by Gasteiger charge is 2.12. The van der Waals surface area contributed by atoms with E-state index in [0.717, 1.165) is 50.4 Å². The van der Waals surface area contributed by atoms with Crippen LogP contribution in [-0.2, 0) is 6.61 Å². The highest BCUT2D eigenvalue weighted by molar-refractivity contribution is 5.84. The zero-order valence-corrected chi connectivity index (χ0v) is 20.3. The predicted octanol–water partition coefficient (Wildman–Crippen LogP) is 8.78. The molecule has 176 valence electrons. The molecule has 2 heteroatoms. The summed E-state index contributed by atoms with van der Waals surface area (Å²) in [6, 6.07) is 43.5. The Morgan fingerprint density at radius 2 is 0.972 bits per heavy atom. The molecule has 0 aliphatic carbocycles. The van der Waals surface area contributed by atoms with Crippen LogP contribution in [0.25, 0.3) is 34.4 Å². The average molecular weight is 469 g/mol. The summed E-state index contributed by atoms with van der Waals surface area (Å²) in [5.74, 6) is 1.72. The summed E-state index contributed by atoms with van der Waals surface area (Å²) < 4.78 is 12.3. The van der Waals surface area contributed by atoms with Gasteiger partial charge >= 0.3 is 0 Å². The first kappa shape index (κ1) is 23.2. The smallest absolute Gasteiger partial charge is 0.134 e. The number of benzene rings is 5. The predicted molar refractivity (Wildman–Crippen MR) is 150 cm³/mol. The zero-order chi connectivity index (χ0) is 24.6. The molecule has 0 fully saturated rings. The first-order valence-corrected chi connectivity index (χ1v) is 12.1. The largest absolute Gasteiger partial charge is 0.495 e. The second kappa shape index (κ2) is 11.2. The van der Waals surface area contributed by atoms with Gasteiger partial charge < -0.3 is 9.47 Å². The van der Waals surface area contributed by atoms with E-state index >= 15 is 0 Å². The summed E-state index contributed by atoms with van der Waals surface area (Å²) in [6.45, 7) is 0.498. The Hall–Kier alpha value is -4.56. The summed E-state index contributed by atoms with van der Waals surface area (Å²) in [4.78, 5) is 0. The number of rotatable bonds is 8. The lowest BCUT2D eigenvalue weighted by atomic mass is 9.99. The Balaban J connectivity index is 1.54. The SMILES string of the molecule is COc1c(C=Cc2cccc(-c3ccccc3)c2OCc2ccccc2)cccc1-c1ccccc1. The first-order valence-electron chi connectivity index (χ1n) is 12.1. The third-order valence-electron chi connectivity index (χ3n) is 6.13. The van der Waals surface area contributed by atoms with Crippen molar-refractivity contribution < 1.29 is 9.47 Å². The fourth-order valence-corrected chi connectivity index (χ4v) is 4.36. The van der Waals surface area contributed by atoms with Gasteiger partial charge in [0, 0.05) is 22.3 Å². The summed E-state index contributed by atoms with van der Waals surface area (Å²) >= 11 is 0. The molecule has 5 aromatic carbocycles. The molecule has 0 atom stereocenters. The highest BCUT2D eigenvalue weighted by Crippen LogP contribution is 2.37. The van der Waals surface area contributed by atoms with Gasteiger partial charge in [0.1, 0.15) is 18.1 Å². The summed E-state index contributed by atoms with van der Waals surface area (Å²) in [5, 5.41) is 0. The molecule has 0 spiro atoms. The van der Waals surface area contributed by atoms with Crippen LogP contribution >= 0.6 is 0 Å². The van der Waals surface area contributed by atoms with Gasteiger partial charge in [-0.1, -0.05) is 140 Å². The van der Waals surface area contributed by atoms with E-state index in [-0.39, 0.29) is 0 Å². The van der Waals surface area contributed by atoms with E-state index in [1.54, 1.807) is 7.11 Å². The Morgan fingerprint density at radius 3 is 1.50 bits per heavy atom. The van der Waals surface area contributed by atoms with Crippen molar-refractivity contribution >= 4 is 12.2 Å². The number of hydrogen-bond donors (Lipinski definition) is 0. The molecule has 0 heterocycles. The lowest BCUT2D eigenvalue weighted by Crippen LogP contribution is -1.99. The minimum Gasteiger partial charge on any atom is -0.495 e. The Bertz CT molecular complexity index is 1440. The first-order chi connectivity index (χ1) is 17.8. The van der Waals surface area contributed by atoms with Crippen molar-refractivity contribution in [1.82, 2.24) is 0 Å². The average Bonchev–Trinajstić information content (AvgIpc) is 2.96. The topological polar surface area (TPSA) is 18.5 Å². The molecule has 0 bridgehead atoms. The maximum Gasteiger partial charge on any atom is 0.134 e. The third-order valence-corrected chi connectivity index (χ3v) is 6.13. The van der Waals surface area contributed by atoms with Crippen LogP contribution in [0.3, 0.4) is 0 Å². The minimum absolute atomic E-state index is 0.498. The maximum absolute atomic E-state index is 6.46. The van der Waals surface area contributed by atoms with Gasteiger partial charge in [-0.15, -0.1) is 0 Å². The molecule has 0 aliphatic heterocycles. The van der Waals surface area contributed by atoms with Crippen molar-refractivity contribution in [3.63, 3.8) is 0 Å². The molecular weight excluding hydrogens is 440 g/mol. The quantitative estimate of drug-likeness (QED) is 0.212. The van der Waals surface area contributed by atoms with Gasteiger partial charge in [0.15, 0.2) is 0 Å². The Morgan fingerprint density at radius 1 is 0.500 bits per heavy atom. The van der Waals surface area contributed by atoms with E-state index in [1.165, 1.54) is 0 Å². The maximum atomic E-state index is 6.46. The standard InChI is InChI=1S/C34H28O2/c1-35-33-29(19-11-21-31(33)27-15-7-3-8-16-27)23-24-30-20-12-22-32(28-17-9-4-10-18-28)34(30)36-25-26-13-5-2-6-14-26/h2-24H,25H2,1H3. The van der Waals surface area contributed by atoms with E-state index in [9.17, 15) is 0 Å². The molecule has 36 heavy (non-hydrogen) atoms. The summed E-state index contributed by atoms with van der Waals surface area (Å²) in [5.41, 5.74) is 7.55. The van der Waals surface area contributed by atoms with Gasteiger partial charge in [0.05, 0.1) is 7.11 Å². The van der Waals surface area contributed by atoms with E-state index in [4.69, 9.17) is 9.47 Å². The number of para-hydroxylation sites is 2. The fraction of sp³-hybridized carbons (Fsp3) is 0.0588. The molecule has 0 N–H and O–H groups in total. The van der Waals surface area contributed by atoms with Crippen molar-refractivity contribution in [2.45, 2.75) is 6.61 Å². The van der Waals surface area contributed by atoms with E-state index < -0.39 is 0 Å². The fourth-order valence-electron chi connectivity index (χ4n) is 4.36. The van der Waals surface area contributed by atoms with Crippen molar-refractivity contribution in [3.8, 4) is 33.8 Å². The van der Waals surface area contributed by atoms with Crippen LogP contribution in [0.4, 0.5) is 0 Å². The van der Waals surface area contributed by atoms with Crippen LogP contribution in [0.5, 0.6) is 11.5 Å². The zero-order valence-electron chi connectivity index (χ0n) is 20.3. The molecule has 0 unspecified atom stereocenters. The van der Waals surface area contributed by atoms with Crippen molar-refractivity contribution in [2.24, 2.45) is 0 Å². The van der Waals surface area contributed by atoms with Crippen LogP contribution in [-0.4, -0.2) is 7.11 Å². The molecule has 0 aliphatic rings. The summed E-state index contributed by atoms with van der Waals surface area (Å²) in [6.07, 6.45) is 4.21. The number of ether oxygens (including phenoxy) is 2. The van der Waals surface area contributed by atoms with Crippen LogP contribution in [0.15, 0.2) is 127 Å². The molecule has 5 rings (SSSR count). The minimum atomic E-state index is 0.498. The van der Waals surface area contributed by atoms with Crippen LogP contribution < -0.4 is 9.47 Å². The number of methoxy groups -OCH3 is 1. The van der Waals surface area contributed by atoms with Crippen LogP contribution in [0.2, 0.25) is 0 Å². The monoisotopic (exact) mass is 468 g/mol. The van der Waals surface area contributed by atoms with Gasteiger partial charge in [0.2, 0.25) is 0 Å². The highest BCUT2D eigenvalue weighted by atomic mass is 16.5. The molecule has 0 aromatic heterocycles. The molecule has 2 nitrogen and oxygen atoms in total. The van der Waals surface area contributed by atoms with Gasteiger partial charge in [-0.2, -0.15) is 0 Å². The molecule has 0 saturated heterocycles. The van der Waals surface area contributed by atoms with Crippen LogP contribution in [0.1, 0.15) is 16.7 Å². The third kappa shape index (κ3) is 5.24.